The van der Waals surface area contributed by atoms with Crippen LogP contribution in [0.4, 0.5) is 8.78 Å². The SMILES string of the molecule is NC(CCC(=O)O)C(=O)C(F)(F)CC(=O)O. The molecule has 0 spiro atoms. The van der Waals surface area contributed by atoms with E-state index in [1.165, 1.54) is 0 Å². The zero-order chi connectivity index (χ0) is 12.9. The van der Waals surface area contributed by atoms with Gasteiger partial charge in [-0.25, -0.2) is 0 Å². The molecule has 0 aromatic carbocycles. The lowest BCUT2D eigenvalue weighted by atomic mass is 10.0. The van der Waals surface area contributed by atoms with E-state index in [0.717, 1.165) is 0 Å². The van der Waals surface area contributed by atoms with Crippen molar-refractivity contribution in [1.82, 2.24) is 0 Å². The molecule has 0 aromatic rings. The van der Waals surface area contributed by atoms with Crippen LogP contribution in [0.15, 0.2) is 0 Å². The Bertz CT molecular complexity index is 305. The number of nitrogens with two attached hydrogens (primary N) is 1. The van der Waals surface area contributed by atoms with Crippen LogP contribution in [0.5, 0.6) is 0 Å². The van der Waals surface area contributed by atoms with Crippen LogP contribution in [-0.2, 0) is 14.4 Å². The van der Waals surface area contributed by atoms with E-state index in [4.69, 9.17) is 15.9 Å². The molecule has 0 amide bonds. The van der Waals surface area contributed by atoms with Gasteiger partial charge in [-0.15, -0.1) is 0 Å². The van der Waals surface area contributed by atoms with Gasteiger partial charge < -0.3 is 15.9 Å². The maximum absolute atomic E-state index is 12.9. The van der Waals surface area contributed by atoms with E-state index < -0.39 is 48.9 Å². The average molecular weight is 239 g/mol. The second kappa shape index (κ2) is 5.50. The molecule has 0 aliphatic carbocycles. The molecule has 0 aliphatic rings. The molecular formula is C8H11F2NO5. The molecule has 0 rings (SSSR count). The van der Waals surface area contributed by atoms with Gasteiger partial charge in [-0.1, -0.05) is 0 Å². The molecule has 1 atom stereocenters. The Balaban J connectivity index is 4.41. The van der Waals surface area contributed by atoms with Crippen LogP contribution >= 0.6 is 0 Å². The smallest absolute Gasteiger partial charge is 0.317 e. The van der Waals surface area contributed by atoms with E-state index in [-0.39, 0.29) is 0 Å². The van der Waals surface area contributed by atoms with Crippen LogP contribution in [0.3, 0.4) is 0 Å². The molecule has 0 fully saturated rings. The van der Waals surface area contributed by atoms with Crippen molar-refractivity contribution in [2.75, 3.05) is 0 Å². The fourth-order valence-corrected chi connectivity index (χ4v) is 0.958. The van der Waals surface area contributed by atoms with E-state index in [0.29, 0.717) is 0 Å². The van der Waals surface area contributed by atoms with Crippen LogP contribution < -0.4 is 5.73 Å². The fourth-order valence-electron chi connectivity index (χ4n) is 0.958. The summed E-state index contributed by atoms with van der Waals surface area (Å²) in [6.07, 6.45) is -2.63. The lowest BCUT2D eigenvalue weighted by Gasteiger charge is -2.16. The molecule has 0 aromatic heterocycles. The highest BCUT2D eigenvalue weighted by Crippen LogP contribution is 2.22. The second-order valence-electron chi connectivity index (χ2n) is 3.18. The summed E-state index contributed by atoms with van der Waals surface area (Å²) >= 11 is 0. The number of carboxylic acid groups (broad SMARTS) is 2. The minimum absolute atomic E-state index is 0.455. The van der Waals surface area contributed by atoms with Gasteiger partial charge in [0.1, 0.15) is 6.42 Å². The van der Waals surface area contributed by atoms with Gasteiger partial charge >= 0.3 is 17.9 Å². The Morgan fingerprint density at radius 1 is 1.19 bits per heavy atom. The standard InChI is InChI=1S/C8H11F2NO5/c9-8(10,3-6(14)15)7(16)4(11)1-2-5(12)13/h4H,1-3,11H2,(H,12,13)(H,14,15). The molecule has 0 radical (unpaired) electrons. The van der Waals surface area contributed by atoms with Gasteiger partial charge in [-0.3, -0.25) is 14.4 Å². The number of carboxylic acids is 2. The number of carbonyl (C=O) groups excluding carboxylic acids is 1. The van der Waals surface area contributed by atoms with Gasteiger partial charge in [0, 0.05) is 6.42 Å². The fraction of sp³-hybridized carbons (Fsp3) is 0.625. The number of carbonyl (C=O) groups is 3. The number of hydrogen-bond acceptors (Lipinski definition) is 4. The van der Waals surface area contributed by atoms with Crippen LogP contribution in [0.25, 0.3) is 0 Å². The summed E-state index contributed by atoms with van der Waals surface area (Å²) in [6, 6.07) is -1.68. The van der Waals surface area contributed by atoms with Crippen LogP contribution in [0.1, 0.15) is 19.3 Å². The highest BCUT2D eigenvalue weighted by molar-refractivity contribution is 5.93. The van der Waals surface area contributed by atoms with E-state index in [1.807, 2.05) is 0 Å². The summed E-state index contributed by atoms with van der Waals surface area (Å²) in [5.74, 6) is -8.92. The van der Waals surface area contributed by atoms with Crippen LogP contribution in [-0.4, -0.2) is 39.9 Å². The Kier molecular flexibility index (Phi) is 4.96. The maximum Gasteiger partial charge on any atom is 0.317 e. The third kappa shape index (κ3) is 4.78. The monoisotopic (exact) mass is 239 g/mol. The second-order valence-corrected chi connectivity index (χ2v) is 3.18. The number of ketones is 1. The molecule has 16 heavy (non-hydrogen) atoms. The van der Waals surface area contributed by atoms with E-state index in [9.17, 15) is 23.2 Å². The lowest BCUT2D eigenvalue weighted by Crippen LogP contribution is -2.44. The molecule has 1 unspecified atom stereocenters. The van der Waals surface area contributed by atoms with Crippen molar-refractivity contribution in [2.24, 2.45) is 5.73 Å². The van der Waals surface area contributed by atoms with Crippen molar-refractivity contribution in [2.45, 2.75) is 31.2 Å². The summed E-state index contributed by atoms with van der Waals surface area (Å²) in [7, 11) is 0. The summed E-state index contributed by atoms with van der Waals surface area (Å²) < 4.78 is 25.8. The molecule has 0 saturated carbocycles. The zero-order valence-electron chi connectivity index (χ0n) is 8.15. The first-order valence-corrected chi connectivity index (χ1v) is 4.28. The summed E-state index contributed by atoms with van der Waals surface area (Å²) in [4.78, 5) is 31.1. The predicted molar refractivity (Wildman–Crippen MR) is 47.1 cm³/mol. The molecule has 0 bridgehead atoms. The molecule has 0 saturated heterocycles. The molecule has 8 heteroatoms. The van der Waals surface area contributed by atoms with E-state index >= 15 is 0 Å². The Labute approximate surface area is 89.0 Å². The highest BCUT2D eigenvalue weighted by atomic mass is 19.3. The van der Waals surface area contributed by atoms with E-state index in [1.54, 1.807) is 0 Å². The van der Waals surface area contributed by atoms with Crippen molar-refractivity contribution in [3.8, 4) is 0 Å². The van der Waals surface area contributed by atoms with E-state index in [2.05, 4.69) is 0 Å². The van der Waals surface area contributed by atoms with Gasteiger partial charge in [-0.2, -0.15) is 8.78 Å². The molecule has 6 nitrogen and oxygen atoms in total. The average Bonchev–Trinajstić information content (AvgIpc) is 2.10. The third-order valence-electron chi connectivity index (χ3n) is 1.74. The minimum atomic E-state index is -4.07. The van der Waals surface area contributed by atoms with Crippen molar-refractivity contribution >= 4 is 17.7 Å². The number of Topliss-reactive ketones (excluding diaryl/α,β-unsaturated/α-hetero) is 1. The topological polar surface area (TPSA) is 118 Å². The minimum Gasteiger partial charge on any atom is -0.481 e. The van der Waals surface area contributed by atoms with Crippen molar-refractivity contribution in [3.05, 3.63) is 0 Å². The van der Waals surface area contributed by atoms with Gasteiger partial charge in [0.2, 0.25) is 5.78 Å². The first kappa shape index (κ1) is 14.4. The first-order valence-electron chi connectivity index (χ1n) is 4.28. The van der Waals surface area contributed by atoms with Gasteiger partial charge in [-0.05, 0) is 6.42 Å². The quantitative estimate of drug-likeness (QED) is 0.569. The maximum atomic E-state index is 12.9. The van der Waals surface area contributed by atoms with Gasteiger partial charge in [0.15, 0.2) is 0 Å². The summed E-state index contributed by atoms with van der Waals surface area (Å²) in [6.45, 7) is 0. The van der Waals surface area contributed by atoms with Crippen LogP contribution in [0.2, 0.25) is 0 Å². The predicted octanol–water partition coefficient (Wildman–Crippen LogP) is -0.142. The third-order valence-corrected chi connectivity index (χ3v) is 1.74. The van der Waals surface area contributed by atoms with Gasteiger partial charge in [0.25, 0.3) is 0 Å². The molecule has 0 heterocycles. The van der Waals surface area contributed by atoms with Gasteiger partial charge in [0.05, 0.1) is 6.04 Å². The van der Waals surface area contributed by atoms with Crippen LogP contribution in [0, 0.1) is 0 Å². The normalized spacial score (nSPS) is 13.2. The highest BCUT2D eigenvalue weighted by Gasteiger charge is 2.43. The Morgan fingerprint density at radius 3 is 2.06 bits per heavy atom. The summed E-state index contributed by atoms with van der Waals surface area (Å²) in [5, 5.41) is 16.4. The number of aliphatic carboxylic acids is 2. The largest absolute Gasteiger partial charge is 0.481 e. The lowest BCUT2D eigenvalue weighted by molar-refractivity contribution is -0.157. The van der Waals surface area contributed by atoms with Crippen molar-refractivity contribution in [1.29, 1.82) is 0 Å². The van der Waals surface area contributed by atoms with Crippen molar-refractivity contribution < 1.29 is 33.4 Å². The zero-order valence-corrected chi connectivity index (χ0v) is 8.15. The molecule has 0 aliphatic heterocycles. The Morgan fingerprint density at radius 2 is 1.69 bits per heavy atom. The number of halogens is 2. The van der Waals surface area contributed by atoms with Crippen molar-refractivity contribution in [3.63, 3.8) is 0 Å². The first-order chi connectivity index (χ1) is 7.16. The summed E-state index contributed by atoms with van der Waals surface area (Å²) in [5.41, 5.74) is 5.04. The molecule has 92 valence electrons. The Hall–Kier alpha value is -1.57. The molecular weight excluding hydrogens is 228 g/mol. The number of alkyl halides is 2. The molecule has 4 N–H and O–H groups in total. The number of hydrogen-bond donors (Lipinski definition) is 3. The number of rotatable bonds is 7.